The summed E-state index contributed by atoms with van der Waals surface area (Å²) in [5.74, 6) is -2.46. The monoisotopic (exact) mass is 414 g/mol. The van der Waals surface area contributed by atoms with Crippen molar-refractivity contribution in [3.63, 3.8) is 0 Å². The van der Waals surface area contributed by atoms with Crippen LogP contribution in [0.5, 0.6) is 0 Å². The van der Waals surface area contributed by atoms with Crippen LogP contribution < -0.4 is 33.3 Å². The highest BCUT2D eigenvalue weighted by Crippen LogP contribution is 2.05. The first-order valence-corrected chi connectivity index (χ1v) is 9.10. The van der Waals surface area contributed by atoms with Gasteiger partial charge in [-0.25, -0.2) is 4.79 Å². The van der Waals surface area contributed by atoms with Gasteiger partial charge in [-0.15, -0.1) is 5.53 Å². The van der Waals surface area contributed by atoms with E-state index in [2.05, 4.69) is 31.2 Å². The molecule has 29 heavy (non-hydrogen) atoms. The molecule has 10 N–H and O–H groups in total. The van der Waals surface area contributed by atoms with Crippen LogP contribution in [0.4, 0.5) is 0 Å². The van der Waals surface area contributed by atoms with E-state index < -0.39 is 35.9 Å². The summed E-state index contributed by atoms with van der Waals surface area (Å²) in [6.45, 7) is 2.09. The predicted molar refractivity (Wildman–Crippen MR) is 106 cm³/mol. The van der Waals surface area contributed by atoms with E-state index in [4.69, 9.17) is 22.7 Å². The number of nitrogens with two attached hydrogens (primary N) is 3. The summed E-state index contributed by atoms with van der Waals surface area (Å²) < 4.78 is 0. The summed E-state index contributed by atoms with van der Waals surface area (Å²) in [6, 6.07) is -2.94. The average molecular weight is 414 g/mol. The standard InChI is InChI=1S/C15H30N10O4/c1-9(16)12(26)22-10(6-4-7-20-15(17)18)13(27)23-11(14(28)29)5-2-3-8-21-25-24-19/h9-11,21H,2-8,16H2,1H3,(H,22,26)(H,23,27)(H,28,29)(H4,17,18,20)/t9-,10-,11-/m0/s1. The van der Waals surface area contributed by atoms with Crippen LogP contribution in [0.3, 0.4) is 0 Å². The number of hydrogen-bond acceptors (Lipinski definition) is 6. The van der Waals surface area contributed by atoms with E-state index in [1.54, 1.807) is 0 Å². The molecule has 0 bridgehead atoms. The van der Waals surface area contributed by atoms with Crippen molar-refractivity contribution in [1.82, 2.24) is 16.1 Å². The third kappa shape index (κ3) is 12.7. The van der Waals surface area contributed by atoms with Crippen LogP contribution in [-0.2, 0) is 14.4 Å². The lowest BCUT2D eigenvalue weighted by molar-refractivity contribution is -0.142. The number of guanidine groups is 1. The Bertz CT molecular complexity index is 614. The molecule has 0 rings (SSSR count). The minimum atomic E-state index is -1.20. The van der Waals surface area contributed by atoms with Gasteiger partial charge in [-0.3, -0.25) is 20.0 Å². The molecular formula is C15H30N10O4. The van der Waals surface area contributed by atoms with Crippen molar-refractivity contribution < 1.29 is 19.5 Å². The van der Waals surface area contributed by atoms with Crippen LogP contribution in [0.15, 0.2) is 10.2 Å². The van der Waals surface area contributed by atoms with Gasteiger partial charge in [-0.1, -0.05) is 0 Å². The molecule has 0 heterocycles. The largest absolute Gasteiger partial charge is 0.480 e. The number of azide groups is 1. The van der Waals surface area contributed by atoms with Crippen molar-refractivity contribution >= 4 is 23.7 Å². The number of nitrogens with zero attached hydrogens (tertiary/aromatic N) is 4. The second-order valence-electron chi connectivity index (χ2n) is 6.29. The molecular weight excluding hydrogens is 384 g/mol. The van der Waals surface area contributed by atoms with Crippen molar-refractivity contribution in [2.45, 2.75) is 57.2 Å². The smallest absolute Gasteiger partial charge is 0.326 e. The number of aliphatic imine (C=N–C) groups is 1. The molecule has 0 radical (unpaired) electrons. The molecule has 14 nitrogen and oxygen atoms in total. The van der Waals surface area contributed by atoms with Crippen LogP contribution in [0.2, 0.25) is 0 Å². The second-order valence-corrected chi connectivity index (χ2v) is 6.29. The van der Waals surface area contributed by atoms with Crippen LogP contribution in [-0.4, -0.2) is 60.1 Å². The van der Waals surface area contributed by atoms with Gasteiger partial charge in [0.2, 0.25) is 11.8 Å². The van der Waals surface area contributed by atoms with Gasteiger partial charge >= 0.3 is 5.97 Å². The Morgan fingerprint density at radius 1 is 1.07 bits per heavy atom. The third-order valence-electron chi connectivity index (χ3n) is 3.75. The number of rotatable bonds is 15. The molecule has 0 aliphatic rings. The predicted octanol–water partition coefficient (Wildman–Crippen LogP) is -1.57. The molecule has 0 aromatic carbocycles. The SMILES string of the molecule is C[C@H](N)C(=O)N[C@@H](CCCN=C(N)N)C(=O)N[C@@H](CCCCNN=[N+]=[N-])C(=O)O. The quantitative estimate of drug-likeness (QED) is 0.0312. The van der Waals surface area contributed by atoms with Crippen molar-refractivity contribution in [3.8, 4) is 0 Å². The minimum absolute atomic E-state index is 0.0912. The molecule has 0 aliphatic heterocycles. The maximum Gasteiger partial charge on any atom is 0.326 e. The van der Waals surface area contributed by atoms with Gasteiger partial charge in [0.15, 0.2) is 5.96 Å². The van der Waals surface area contributed by atoms with Gasteiger partial charge in [-0.2, -0.15) is 4.91 Å². The first-order valence-electron chi connectivity index (χ1n) is 9.10. The summed E-state index contributed by atoms with van der Waals surface area (Å²) in [6.07, 6.45) is 1.76. The van der Waals surface area contributed by atoms with E-state index in [1.807, 2.05) is 0 Å². The van der Waals surface area contributed by atoms with E-state index in [0.29, 0.717) is 25.8 Å². The van der Waals surface area contributed by atoms with Gasteiger partial charge in [0, 0.05) is 6.54 Å². The van der Waals surface area contributed by atoms with Crippen molar-refractivity contribution in [1.29, 1.82) is 0 Å². The summed E-state index contributed by atoms with van der Waals surface area (Å²) in [5.41, 5.74) is 26.6. The van der Waals surface area contributed by atoms with Gasteiger partial charge in [0.1, 0.15) is 12.1 Å². The highest BCUT2D eigenvalue weighted by molar-refractivity contribution is 5.91. The number of amides is 2. The number of unbranched alkanes of at least 4 members (excludes halogenated alkanes) is 1. The van der Waals surface area contributed by atoms with Gasteiger partial charge < -0.3 is 32.9 Å². The fourth-order valence-corrected chi connectivity index (χ4v) is 2.24. The van der Waals surface area contributed by atoms with Crippen LogP contribution in [0, 0.1) is 0 Å². The molecule has 0 spiro atoms. The Morgan fingerprint density at radius 2 is 1.69 bits per heavy atom. The lowest BCUT2D eigenvalue weighted by Gasteiger charge is -2.22. The van der Waals surface area contributed by atoms with Gasteiger partial charge in [0.25, 0.3) is 0 Å². The normalized spacial score (nSPS) is 13.2. The first-order chi connectivity index (χ1) is 13.7. The topological polar surface area (TPSA) is 247 Å². The fourth-order valence-electron chi connectivity index (χ4n) is 2.24. The molecule has 2 amide bonds. The summed E-state index contributed by atoms with van der Waals surface area (Å²) in [4.78, 5) is 42.2. The lowest BCUT2D eigenvalue weighted by atomic mass is 10.1. The second kappa shape index (κ2) is 14.8. The van der Waals surface area contributed by atoms with Crippen LogP contribution in [0.1, 0.15) is 39.0 Å². The minimum Gasteiger partial charge on any atom is -0.480 e. The average Bonchev–Trinajstić information content (AvgIpc) is 2.65. The maximum absolute atomic E-state index is 12.5. The van der Waals surface area contributed by atoms with E-state index in [-0.39, 0.29) is 25.3 Å². The first kappa shape index (κ1) is 25.8. The van der Waals surface area contributed by atoms with E-state index >= 15 is 0 Å². The molecule has 0 unspecified atom stereocenters. The summed E-state index contributed by atoms with van der Waals surface area (Å²) >= 11 is 0. The molecule has 3 atom stereocenters. The maximum atomic E-state index is 12.5. The van der Waals surface area contributed by atoms with Gasteiger partial charge in [-0.05, 0) is 44.3 Å². The van der Waals surface area contributed by atoms with E-state index in [9.17, 15) is 19.5 Å². The zero-order valence-corrected chi connectivity index (χ0v) is 16.4. The number of carbonyl (C=O) groups excluding carboxylic acids is 2. The number of carboxylic acid groups (broad SMARTS) is 1. The third-order valence-corrected chi connectivity index (χ3v) is 3.75. The number of aliphatic carboxylic acids is 1. The highest BCUT2D eigenvalue weighted by Gasteiger charge is 2.26. The Kier molecular flexibility index (Phi) is 13.1. The van der Waals surface area contributed by atoms with E-state index in [1.165, 1.54) is 6.92 Å². The molecule has 0 aliphatic carbocycles. The van der Waals surface area contributed by atoms with E-state index in [0.717, 1.165) is 0 Å². The molecule has 0 fully saturated rings. The number of nitrogens with one attached hydrogen (secondary N) is 3. The van der Waals surface area contributed by atoms with Crippen LogP contribution >= 0.6 is 0 Å². The Hall–Kier alpha value is -3.25. The zero-order valence-electron chi connectivity index (χ0n) is 16.4. The van der Waals surface area contributed by atoms with Crippen molar-refractivity contribution in [2.24, 2.45) is 27.4 Å². The lowest BCUT2D eigenvalue weighted by Crippen LogP contribution is -2.54. The molecule has 0 saturated carbocycles. The van der Waals surface area contributed by atoms with Crippen molar-refractivity contribution in [2.75, 3.05) is 13.1 Å². The molecule has 164 valence electrons. The molecule has 0 saturated heterocycles. The van der Waals surface area contributed by atoms with Gasteiger partial charge in [0.05, 0.1) is 12.6 Å². The Balaban J connectivity index is 4.82. The fraction of sp³-hybridized carbons (Fsp3) is 0.733. The number of carbonyl (C=O) groups is 3. The Morgan fingerprint density at radius 3 is 2.24 bits per heavy atom. The number of carboxylic acids is 1. The summed E-state index contributed by atoms with van der Waals surface area (Å²) in [5, 5.41) is 17.4. The number of hydrogen-bond donors (Lipinski definition) is 7. The van der Waals surface area contributed by atoms with Crippen LogP contribution in [0.25, 0.3) is 10.4 Å². The molecule has 14 heteroatoms. The zero-order chi connectivity index (χ0) is 22.2. The molecule has 0 aromatic rings. The molecule has 0 aromatic heterocycles. The summed E-state index contributed by atoms with van der Waals surface area (Å²) in [7, 11) is 0. The van der Waals surface area contributed by atoms with Crippen molar-refractivity contribution in [3.05, 3.63) is 10.4 Å². The Labute approximate surface area is 168 Å². The highest BCUT2D eigenvalue weighted by atomic mass is 16.4.